The fraction of sp³-hybridized carbons (Fsp3) is 0. The molecule has 0 radical (unpaired) electrons. The minimum atomic E-state index is -3.31. The van der Waals surface area contributed by atoms with Crippen molar-refractivity contribution < 1.29 is 8.98 Å². The molecule has 5 heteroatoms. The number of para-hydroxylation sites is 4. The number of nitrogens with zero attached hydrogens (tertiary/aromatic N) is 2. The summed E-state index contributed by atoms with van der Waals surface area (Å²) in [6, 6.07) is 42.7. The van der Waals surface area contributed by atoms with Crippen LogP contribution in [0.25, 0.3) is 11.0 Å². The minimum Gasteiger partial charge on any atom is -0.439 e. The highest BCUT2D eigenvalue weighted by atomic mass is 31.2. The highest BCUT2D eigenvalue weighted by molar-refractivity contribution is 7.87. The standard InChI is InChI=1S/C32H21N2O2P/c35-37-29-21-10-8-17-25(29)33(22-12-3-1-4-13-22)26-18-11-19-27(31(26)37)34(23-14-5-2-6-15-23)32-30(37)24-16-7-9-20-28(24)36-32/h1-21H. The maximum absolute atomic E-state index is 15.9. The molecule has 0 saturated carbocycles. The van der Waals surface area contributed by atoms with E-state index in [1.165, 1.54) is 0 Å². The van der Waals surface area contributed by atoms with E-state index in [0.717, 1.165) is 55.3 Å². The molecule has 0 saturated heterocycles. The molecule has 0 bridgehead atoms. The van der Waals surface area contributed by atoms with E-state index in [4.69, 9.17) is 4.42 Å². The lowest BCUT2D eigenvalue weighted by molar-refractivity contribution is 0.590. The summed E-state index contributed by atoms with van der Waals surface area (Å²) in [6.45, 7) is 0. The highest BCUT2D eigenvalue weighted by Gasteiger charge is 2.51. The third kappa shape index (κ3) is 2.65. The second kappa shape index (κ2) is 7.49. The van der Waals surface area contributed by atoms with E-state index in [9.17, 15) is 0 Å². The lowest BCUT2D eigenvalue weighted by Crippen LogP contribution is -2.42. The first-order chi connectivity index (χ1) is 18.3. The molecule has 0 N–H and O–H groups in total. The molecular weight excluding hydrogens is 475 g/mol. The largest absolute Gasteiger partial charge is 0.439 e. The van der Waals surface area contributed by atoms with E-state index in [-0.39, 0.29) is 0 Å². The van der Waals surface area contributed by atoms with Gasteiger partial charge in [0.1, 0.15) is 5.58 Å². The van der Waals surface area contributed by atoms with Gasteiger partial charge in [0.15, 0.2) is 7.14 Å². The minimum absolute atomic E-state index is 0.628. The number of benzene rings is 5. The Balaban J connectivity index is 1.56. The van der Waals surface area contributed by atoms with Gasteiger partial charge in [-0.3, -0.25) is 4.90 Å². The summed E-state index contributed by atoms with van der Waals surface area (Å²) in [5, 5.41) is 3.34. The molecule has 176 valence electrons. The molecule has 2 aliphatic heterocycles. The van der Waals surface area contributed by atoms with E-state index >= 15 is 4.57 Å². The summed E-state index contributed by atoms with van der Waals surface area (Å²) in [5.74, 6) is 0.628. The number of hydrogen-bond acceptors (Lipinski definition) is 4. The van der Waals surface area contributed by atoms with Crippen molar-refractivity contribution in [1.82, 2.24) is 0 Å². The number of rotatable bonds is 2. The van der Waals surface area contributed by atoms with E-state index in [1.54, 1.807) is 0 Å². The van der Waals surface area contributed by atoms with Gasteiger partial charge < -0.3 is 13.9 Å². The summed E-state index contributed by atoms with van der Waals surface area (Å²) >= 11 is 0. The van der Waals surface area contributed by atoms with Gasteiger partial charge in [0, 0.05) is 22.1 Å². The van der Waals surface area contributed by atoms with Gasteiger partial charge in [-0.05, 0) is 54.6 Å². The number of hydrogen-bond donors (Lipinski definition) is 0. The van der Waals surface area contributed by atoms with Crippen molar-refractivity contribution in [1.29, 1.82) is 0 Å². The second-order valence-corrected chi connectivity index (χ2v) is 11.9. The van der Waals surface area contributed by atoms with Gasteiger partial charge in [0.05, 0.1) is 27.7 Å². The predicted octanol–water partition coefficient (Wildman–Crippen LogP) is 7.64. The molecule has 1 aromatic heterocycles. The van der Waals surface area contributed by atoms with Crippen LogP contribution < -0.4 is 25.7 Å². The molecule has 1 atom stereocenters. The summed E-state index contributed by atoms with van der Waals surface area (Å²) in [4.78, 5) is 4.36. The van der Waals surface area contributed by atoms with Gasteiger partial charge in [-0.1, -0.05) is 72.8 Å². The molecule has 3 heterocycles. The average Bonchev–Trinajstić information content (AvgIpc) is 3.35. The molecule has 5 aromatic carbocycles. The van der Waals surface area contributed by atoms with E-state index in [2.05, 4.69) is 52.3 Å². The first-order valence-corrected chi connectivity index (χ1v) is 14.0. The lowest BCUT2D eigenvalue weighted by Gasteiger charge is -2.42. The van der Waals surface area contributed by atoms with E-state index < -0.39 is 7.14 Å². The number of fused-ring (bicyclic) bond motifs is 6. The van der Waals surface area contributed by atoms with Crippen LogP contribution in [0.4, 0.5) is 34.3 Å². The maximum Gasteiger partial charge on any atom is 0.217 e. The van der Waals surface area contributed by atoms with Gasteiger partial charge in [0.2, 0.25) is 5.88 Å². The Bertz CT molecular complexity index is 1880. The normalized spacial score (nSPS) is 17.3. The lowest BCUT2D eigenvalue weighted by atomic mass is 10.1. The van der Waals surface area contributed by atoms with Crippen LogP contribution in [0.15, 0.2) is 132 Å². The van der Waals surface area contributed by atoms with Gasteiger partial charge in [-0.2, -0.15) is 0 Å². The molecule has 8 rings (SSSR count). The molecule has 0 spiro atoms. The molecule has 0 amide bonds. The Kier molecular flexibility index (Phi) is 4.18. The first kappa shape index (κ1) is 20.6. The molecule has 1 unspecified atom stereocenters. The Labute approximate surface area is 214 Å². The topological polar surface area (TPSA) is 36.7 Å². The van der Waals surface area contributed by atoms with Crippen LogP contribution in [-0.2, 0) is 4.57 Å². The zero-order valence-corrected chi connectivity index (χ0v) is 20.7. The SMILES string of the molecule is O=P12c3ccccc3N(c3ccccc3)c3cccc(c31)N(c1ccccc1)c1oc3ccccc3c12. The van der Waals surface area contributed by atoms with Crippen molar-refractivity contribution in [2.75, 3.05) is 9.80 Å². The van der Waals surface area contributed by atoms with Crippen molar-refractivity contribution in [3.05, 3.63) is 127 Å². The van der Waals surface area contributed by atoms with Gasteiger partial charge >= 0.3 is 0 Å². The van der Waals surface area contributed by atoms with Crippen molar-refractivity contribution in [3.8, 4) is 0 Å². The zero-order valence-electron chi connectivity index (χ0n) is 19.8. The molecule has 4 nitrogen and oxygen atoms in total. The average molecular weight is 497 g/mol. The van der Waals surface area contributed by atoms with Crippen LogP contribution in [0.2, 0.25) is 0 Å². The number of furan rings is 1. The smallest absolute Gasteiger partial charge is 0.217 e. The third-order valence-corrected chi connectivity index (χ3v) is 10.6. The highest BCUT2D eigenvalue weighted by Crippen LogP contribution is 2.62. The van der Waals surface area contributed by atoms with Crippen LogP contribution in [0.3, 0.4) is 0 Å². The van der Waals surface area contributed by atoms with Gasteiger partial charge in [-0.25, -0.2) is 0 Å². The molecular formula is C32H21N2O2P. The van der Waals surface area contributed by atoms with Crippen LogP contribution in [-0.4, -0.2) is 0 Å². The quantitative estimate of drug-likeness (QED) is 0.231. The maximum atomic E-state index is 15.9. The monoisotopic (exact) mass is 496 g/mol. The van der Waals surface area contributed by atoms with Crippen LogP contribution in [0, 0.1) is 0 Å². The molecule has 0 fully saturated rings. The van der Waals surface area contributed by atoms with Crippen molar-refractivity contribution in [2.45, 2.75) is 0 Å². The molecule has 2 aliphatic rings. The fourth-order valence-electron chi connectivity index (χ4n) is 5.88. The van der Waals surface area contributed by atoms with Gasteiger partial charge in [-0.15, -0.1) is 0 Å². The van der Waals surface area contributed by atoms with Crippen LogP contribution in [0.5, 0.6) is 0 Å². The molecule has 37 heavy (non-hydrogen) atoms. The first-order valence-electron chi connectivity index (χ1n) is 12.3. The fourth-order valence-corrected chi connectivity index (χ4v) is 9.31. The Morgan fingerprint density at radius 3 is 1.84 bits per heavy atom. The van der Waals surface area contributed by atoms with Crippen LogP contribution >= 0.6 is 7.14 Å². The summed E-state index contributed by atoms with van der Waals surface area (Å²) in [6.07, 6.45) is 0. The van der Waals surface area contributed by atoms with Crippen LogP contribution in [0.1, 0.15) is 0 Å². The Hall–Kier alpha value is -4.53. The summed E-state index contributed by atoms with van der Waals surface area (Å²) < 4.78 is 22.4. The predicted molar refractivity (Wildman–Crippen MR) is 152 cm³/mol. The summed E-state index contributed by atoms with van der Waals surface area (Å²) in [7, 11) is -3.31. The molecule has 0 aliphatic carbocycles. The summed E-state index contributed by atoms with van der Waals surface area (Å²) in [5.41, 5.74) is 5.49. The van der Waals surface area contributed by atoms with Crippen molar-refractivity contribution in [3.63, 3.8) is 0 Å². The van der Waals surface area contributed by atoms with E-state index in [1.807, 2.05) is 84.9 Å². The second-order valence-electron chi connectivity index (χ2n) is 9.34. The van der Waals surface area contributed by atoms with Crippen molar-refractivity contribution >= 4 is 68.3 Å². The zero-order chi connectivity index (χ0) is 24.6. The van der Waals surface area contributed by atoms with Crippen molar-refractivity contribution in [2.24, 2.45) is 0 Å². The Morgan fingerprint density at radius 1 is 0.514 bits per heavy atom. The number of anilines is 6. The third-order valence-electron chi connectivity index (χ3n) is 7.35. The Morgan fingerprint density at radius 2 is 1.08 bits per heavy atom. The molecule has 6 aromatic rings. The van der Waals surface area contributed by atoms with E-state index in [0.29, 0.717) is 5.88 Å². The van der Waals surface area contributed by atoms with Gasteiger partial charge in [0.25, 0.3) is 0 Å².